The maximum absolute atomic E-state index is 13.4. The minimum atomic E-state index is -0.850. The summed E-state index contributed by atoms with van der Waals surface area (Å²) in [6.45, 7) is 3.46. The van der Waals surface area contributed by atoms with E-state index in [1.165, 1.54) is 0 Å². The van der Waals surface area contributed by atoms with Gasteiger partial charge < -0.3 is 14.6 Å². The average Bonchev–Trinajstić information content (AvgIpc) is 2.79. The molecule has 0 unspecified atom stereocenters. The fourth-order valence-electron chi connectivity index (χ4n) is 2.63. The summed E-state index contributed by atoms with van der Waals surface area (Å²) >= 11 is 0. The van der Waals surface area contributed by atoms with Crippen LogP contribution in [0.2, 0.25) is 0 Å². The number of methoxy groups -OCH3 is 1. The number of ether oxygens (including phenoxy) is 2. The molecule has 0 spiro atoms. The summed E-state index contributed by atoms with van der Waals surface area (Å²) in [6, 6.07) is 5.63. The first kappa shape index (κ1) is 15.1. The highest BCUT2D eigenvalue weighted by atomic mass is 19.1. The van der Waals surface area contributed by atoms with Gasteiger partial charge in [0.2, 0.25) is 0 Å². The van der Waals surface area contributed by atoms with Crippen molar-refractivity contribution in [1.29, 1.82) is 0 Å². The largest absolute Gasteiger partial charge is 0.493 e. The molecule has 1 fully saturated rings. The molecule has 112 valence electrons. The van der Waals surface area contributed by atoms with E-state index in [0.717, 1.165) is 5.56 Å². The molecule has 1 aliphatic rings. The Kier molecular flexibility index (Phi) is 5.20. The minimum Gasteiger partial charge on any atom is -0.493 e. The minimum absolute atomic E-state index is 0.00507. The number of nitrogens with zero attached hydrogens (tertiary/aromatic N) is 1. The van der Waals surface area contributed by atoms with Gasteiger partial charge in [-0.3, -0.25) is 4.90 Å². The Balaban J connectivity index is 2.11. The summed E-state index contributed by atoms with van der Waals surface area (Å²) < 4.78 is 24.2. The van der Waals surface area contributed by atoms with Gasteiger partial charge in [-0.05, 0) is 31.0 Å². The molecule has 20 heavy (non-hydrogen) atoms. The monoisotopic (exact) mass is 283 g/mol. The molecule has 1 heterocycles. The number of aliphatic hydroxyl groups is 1. The molecule has 4 nitrogen and oxygen atoms in total. The summed E-state index contributed by atoms with van der Waals surface area (Å²) in [7, 11) is 1.60. The number of benzene rings is 1. The Bertz CT molecular complexity index is 441. The van der Waals surface area contributed by atoms with Crippen molar-refractivity contribution < 1.29 is 19.0 Å². The standard InChI is InChI=1S/C15H22FNO3/c1-3-20-15-6-11(4-5-14(15)19-2)8-17-9-12(16)7-13(17)10-18/h4-6,12-13,18H,3,7-10H2,1-2H3/t12-,13-/m0/s1. The highest BCUT2D eigenvalue weighted by Gasteiger charge is 2.31. The highest BCUT2D eigenvalue weighted by molar-refractivity contribution is 5.43. The molecular weight excluding hydrogens is 261 g/mol. The van der Waals surface area contributed by atoms with Crippen LogP contribution in [0.15, 0.2) is 18.2 Å². The van der Waals surface area contributed by atoms with Crippen LogP contribution < -0.4 is 9.47 Å². The van der Waals surface area contributed by atoms with Gasteiger partial charge >= 0.3 is 0 Å². The van der Waals surface area contributed by atoms with E-state index in [1.807, 2.05) is 30.0 Å². The molecule has 1 N–H and O–H groups in total. The summed E-state index contributed by atoms with van der Waals surface area (Å²) in [5.41, 5.74) is 1.03. The third-order valence-corrected chi connectivity index (χ3v) is 3.60. The zero-order valence-electron chi connectivity index (χ0n) is 12.0. The lowest BCUT2D eigenvalue weighted by atomic mass is 10.1. The average molecular weight is 283 g/mol. The lowest BCUT2D eigenvalue weighted by molar-refractivity contribution is 0.153. The first-order valence-corrected chi connectivity index (χ1v) is 6.96. The number of hydrogen-bond donors (Lipinski definition) is 1. The molecule has 1 aliphatic heterocycles. The van der Waals surface area contributed by atoms with Crippen molar-refractivity contribution in [2.24, 2.45) is 0 Å². The first-order valence-electron chi connectivity index (χ1n) is 6.96. The third-order valence-electron chi connectivity index (χ3n) is 3.60. The summed E-state index contributed by atoms with van der Waals surface area (Å²) in [6.07, 6.45) is -0.443. The molecule has 0 radical (unpaired) electrons. The Morgan fingerprint density at radius 3 is 2.85 bits per heavy atom. The molecule has 5 heteroatoms. The van der Waals surface area contributed by atoms with Crippen LogP contribution in [0.3, 0.4) is 0 Å². The highest BCUT2D eigenvalue weighted by Crippen LogP contribution is 2.30. The molecule has 0 saturated carbocycles. The van der Waals surface area contributed by atoms with Crippen LogP contribution in [0.5, 0.6) is 11.5 Å². The van der Waals surface area contributed by atoms with Gasteiger partial charge in [-0.1, -0.05) is 6.07 Å². The topological polar surface area (TPSA) is 41.9 Å². The zero-order valence-corrected chi connectivity index (χ0v) is 12.0. The van der Waals surface area contributed by atoms with Gasteiger partial charge in [-0.2, -0.15) is 0 Å². The second kappa shape index (κ2) is 6.90. The van der Waals surface area contributed by atoms with Crippen molar-refractivity contribution >= 4 is 0 Å². The molecule has 0 aliphatic carbocycles. The van der Waals surface area contributed by atoms with Crippen LogP contribution >= 0.6 is 0 Å². The fourth-order valence-corrected chi connectivity index (χ4v) is 2.63. The summed E-state index contributed by atoms with van der Waals surface area (Å²) in [4.78, 5) is 1.97. The van der Waals surface area contributed by atoms with Crippen molar-refractivity contribution in [3.8, 4) is 11.5 Å². The van der Waals surface area contributed by atoms with Crippen LogP contribution in [0.4, 0.5) is 4.39 Å². The number of aliphatic hydroxyl groups excluding tert-OH is 1. The Morgan fingerprint density at radius 2 is 2.20 bits per heavy atom. The second-order valence-corrected chi connectivity index (χ2v) is 5.02. The van der Waals surface area contributed by atoms with E-state index in [9.17, 15) is 9.50 Å². The van der Waals surface area contributed by atoms with Crippen LogP contribution in [-0.4, -0.2) is 49.1 Å². The lowest BCUT2D eigenvalue weighted by Crippen LogP contribution is -2.31. The van der Waals surface area contributed by atoms with Gasteiger partial charge in [0, 0.05) is 19.1 Å². The van der Waals surface area contributed by atoms with Crippen molar-refractivity contribution in [1.82, 2.24) is 4.90 Å². The van der Waals surface area contributed by atoms with Crippen molar-refractivity contribution in [2.75, 3.05) is 26.9 Å². The SMILES string of the molecule is CCOc1cc(CN2C[C@@H](F)C[C@H]2CO)ccc1OC. The maximum Gasteiger partial charge on any atom is 0.161 e. The van der Waals surface area contributed by atoms with E-state index in [-0.39, 0.29) is 12.6 Å². The maximum atomic E-state index is 13.4. The van der Waals surface area contributed by atoms with Gasteiger partial charge in [-0.25, -0.2) is 4.39 Å². The molecule has 0 bridgehead atoms. The normalized spacial score (nSPS) is 23.0. The number of halogens is 1. The third kappa shape index (κ3) is 3.41. The van der Waals surface area contributed by atoms with Crippen molar-refractivity contribution in [2.45, 2.75) is 32.1 Å². The van der Waals surface area contributed by atoms with Gasteiger partial charge in [0.25, 0.3) is 0 Å². The van der Waals surface area contributed by atoms with E-state index in [1.54, 1.807) is 7.11 Å². The fraction of sp³-hybridized carbons (Fsp3) is 0.600. The van der Waals surface area contributed by atoms with Crippen LogP contribution in [0.25, 0.3) is 0 Å². The molecule has 2 atom stereocenters. The zero-order chi connectivity index (χ0) is 14.5. The Morgan fingerprint density at radius 1 is 1.40 bits per heavy atom. The first-order chi connectivity index (χ1) is 9.67. The van der Waals surface area contributed by atoms with Gasteiger partial charge in [-0.15, -0.1) is 0 Å². The smallest absolute Gasteiger partial charge is 0.161 e. The van der Waals surface area contributed by atoms with E-state index < -0.39 is 6.17 Å². The van der Waals surface area contributed by atoms with Gasteiger partial charge in [0.15, 0.2) is 11.5 Å². The van der Waals surface area contributed by atoms with Crippen LogP contribution in [0.1, 0.15) is 18.9 Å². The molecule has 1 aromatic rings. The van der Waals surface area contributed by atoms with E-state index >= 15 is 0 Å². The van der Waals surface area contributed by atoms with Gasteiger partial charge in [0.05, 0.1) is 20.3 Å². The number of rotatable bonds is 6. The predicted octanol–water partition coefficient (Wildman–Crippen LogP) is 2.00. The van der Waals surface area contributed by atoms with E-state index in [0.29, 0.717) is 37.6 Å². The van der Waals surface area contributed by atoms with E-state index in [4.69, 9.17) is 9.47 Å². The van der Waals surface area contributed by atoms with Crippen molar-refractivity contribution in [3.63, 3.8) is 0 Å². The number of likely N-dealkylation sites (tertiary alicyclic amines) is 1. The molecule has 1 aromatic carbocycles. The molecule has 2 rings (SSSR count). The quantitative estimate of drug-likeness (QED) is 0.867. The number of alkyl halides is 1. The summed E-state index contributed by atoms with van der Waals surface area (Å²) in [5.74, 6) is 1.39. The molecular formula is C15H22FNO3. The van der Waals surface area contributed by atoms with Crippen LogP contribution in [-0.2, 0) is 6.54 Å². The molecule has 0 amide bonds. The predicted molar refractivity (Wildman–Crippen MR) is 75.0 cm³/mol. The molecule has 0 aromatic heterocycles. The van der Waals surface area contributed by atoms with Crippen LogP contribution in [0, 0.1) is 0 Å². The van der Waals surface area contributed by atoms with E-state index in [2.05, 4.69) is 0 Å². The lowest BCUT2D eigenvalue weighted by Gasteiger charge is -2.22. The van der Waals surface area contributed by atoms with Gasteiger partial charge in [0.1, 0.15) is 6.17 Å². The van der Waals surface area contributed by atoms with Crippen molar-refractivity contribution in [3.05, 3.63) is 23.8 Å². The summed E-state index contributed by atoms with van der Waals surface area (Å²) in [5, 5.41) is 9.30. The second-order valence-electron chi connectivity index (χ2n) is 5.02. The Labute approximate surface area is 119 Å². The molecule has 1 saturated heterocycles. The number of hydrogen-bond acceptors (Lipinski definition) is 4. The Hall–Kier alpha value is -1.33.